The van der Waals surface area contributed by atoms with E-state index in [1.54, 1.807) is 0 Å². The quantitative estimate of drug-likeness (QED) is 0.861. The monoisotopic (exact) mass is 282 g/mol. The molecular weight excluding hydrogens is 256 g/mol. The van der Waals surface area contributed by atoms with E-state index in [9.17, 15) is 0 Å². The summed E-state index contributed by atoms with van der Waals surface area (Å²) in [6.07, 6.45) is 1.14. The molecule has 2 aromatic rings. The Kier molecular flexibility index (Phi) is 5.40. The number of hydrogen-bond acceptors (Lipinski definition) is 2. The van der Waals surface area contributed by atoms with Gasteiger partial charge in [-0.25, -0.2) is 0 Å². The van der Waals surface area contributed by atoms with Gasteiger partial charge in [0.25, 0.3) is 0 Å². The fourth-order valence-electron chi connectivity index (χ4n) is 2.70. The molecule has 0 heterocycles. The molecule has 0 amide bonds. The van der Waals surface area contributed by atoms with Crippen LogP contribution in [0.5, 0.6) is 0 Å². The summed E-state index contributed by atoms with van der Waals surface area (Å²) in [5.74, 6) is 0. The topological polar surface area (TPSA) is 29.3 Å². The summed E-state index contributed by atoms with van der Waals surface area (Å²) in [7, 11) is 0. The first-order chi connectivity index (χ1) is 10.2. The average Bonchev–Trinajstić information content (AvgIpc) is 2.50. The zero-order chi connectivity index (χ0) is 15.2. The van der Waals surface area contributed by atoms with Gasteiger partial charge in [0.05, 0.1) is 0 Å². The number of rotatable bonds is 6. The van der Waals surface area contributed by atoms with Gasteiger partial charge in [-0.1, -0.05) is 37.3 Å². The lowest BCUT2D eigenvalue weighted by molar-refractivity contribution is 0.761. The number of nitrogens with zero attached hydrogens (tertiary/aromatic N) is 1. The summed E-state index contributed by atoms with van der Waals surface area (Å²) >= 11 is 0. The second-order valence-corrected chi connectivity index (χ2v) is 5.66. The Balaban J connectivity index is 2.26. The van der Waals surface area contributed by atoms with Crippen LogP contribution in [0.25, 0.3) is 0 Å². The molecule has 0 aliphatic rings. The molecule has 0 saturated heterocycles. The van der Waals surface area contributed by atoms with E-state index in [-0.39, 0.29) is 0 Å². The van der Waals surface area contributed by atoms with Crippen molar-refractivity contribution < 1.29 is 0 Å². The fraction of sp³-hybridized carbons (Fsp3) is 0.368. The maximum Gasteiger partial charge on any atom is 0.0434 e. The second-order valence-electron chi connectivity index (χ2n) is 5.66. The fourth-order valence-corrected chi connectivity index (χ4v) is 2.70. The molecule has 0 aliphatic heterocycles. The van der Waals surface area contributed by atoms with E-state index in [0.717, 1.165) is 19.5 Å². The predicted octanol–water partition coefficient (Wildman–Crippen LogP) is 4.18. The predicted molar refractivity (Wildman–Crippen MR) is 91.6 cm³/mol. The lowest BCUT2D eigenvalue weighted by atomic mass is 10.0. The van der Waals surface area contributed by atoms with E-state index in [0.29, 0.717) is 6.54 Å². The first-order valence-corrected chi connectivity index (χ1v) is 7.74. The van der Waals surface area contributed by atoms with Crippen molar-refractivity contribution in [2.45, 2.75) is 40.3 Å². The number of nitrogens with two attached hydrogens (primary N) is 1. The first-order valence-electron chi connectivity index (χ1n) is 7.74. The van der Waals surface area contributed by atoms with Crippen molar-refractivity contribution in [1.82, 2.24) is 0 Å². The minimum absolute atomic E-state index is 0.602. The molecule has 112 valence electrons. The van der Waals surface area contributed by atoms with Gasteiger partial charge in [0.1, 0.15) is 0 Å². The van der Waals surface area contributed by atoms with Crippen molar-refractivity contribution >= 4 is 5.69 Å². The third kappa shape index (κ3) is 3.85. The van der Waals surface area contributed by atoms with E-state index in [4.69, 9.17) is 5.73 Å². The van der Waals surface area contributed by atoms with Gasteiger partial charge in [-0.15, -0.1) is 0 Å². The second kappa shape index (κ2) is 7.28. The molecular formula is C19H26N2. The molecule has 2 N–H and O–H groups in total. The Morgan fingerprint density at radius 1 is 0.952 bits per heavy atom. The van der Waals surface area contributed by atoms with E-state index >= 15 is 0 Å². The zero-order valence-corrected chi connectivity index (χ0v) is 13.4. The summed E-state index contributed by atoms with van der Waals surface area (Å²) in [4.78, 5) is 2.45. The molecule has 21 heavy (non-hydrogen) atoms. The summed E-state index contributed by atoms with van der Waals surface area (Å²) in [5.41, 5.74) is 12.3. The number of anilines is 1. The first kappa shape index (κ1) is 15.6. The number of aryl methyl sites for hydroxylation is 2. The summed E-state index contributed by atoms with van der Waals surface area (Å²) in [5, 5.41) is 0. The Morgan fingerprint density at radius 3 is 2.10 bits per heavy atom. The Bertz CT molecular complexity index is 552. The highest BCUT2D eigenvalue weighted by Gasteiger charge is 2.10. The maximum absolute atomic E-state index is 5.68. The average molecular weight is 282 g/mol. The third-order valence-electron chi connectivity index (χ3n) is 4.02. The van der Waals surface area contributed by atoms with Gasteiger partial charge >= 0.3 is 0 Å². The molecule has 2 aromatic carbocycles. The molecule has 0 spiro atoms. The maximum atomic E-state index is 5.68. The summed E-state index contributed by atoms with van der Waals surface area (Å²) in [6.45, 7) is 9.26. The normalized spacial score (nSPS) is 10.7. The molecule has 0 fully saturated rings. The van der Waals surface area contributed by atoms with Crippen LogP contribution in [0.3, 0.4) is 0 Å². The molecule has 0 aromatic heterocycles. The van der Waals surface area contributed by atoms with Crippen LogP contribution in [0.1, 0.15) is 35.6 Å². The molecule has 0 bridgehead atoms. The van der Waals surface area contributed by atoms with E-state index in [1.165, 1.54) is 27.9 Å². The molecule has 2 nitrogen and oxygen atoms in total. The molecule has 0 saturated carbocycles. The Hall–Kier alpha value is -1.80. The van der Waals surface area contributed by atoms with Gasteiger partial charge in [-0.2, -0.15) is 0 Å². The summed E-state index contributed by atoms with van der Waals surface area (Å²) in [6, 6.07) is 15.2. The van der Waals surface area contributed by atoms with Gasteiger partial charge in [0.2, 0.25) is 0 Å². The molecule has 2 heteroatoms. The van der Waals surface area contributed by atoms with Crippen molar-refractivity contribution in [2.75, 3.05) is 11.4 Å². The number of benzene rings is 2. The third-order valence-corrected chi connectivity index (χ3v) is 4.02. The van der Waals surface area contributed by atoms with E-state index in [1.807, 2.05) is 0 Å². The molecule has 0 unspecified atom stereocenters. The van der Waals surface area contributed by atoms with Crippen LogP contribution in [-0.2, 0) is 13.1 Å². The van der Waals surface area contributed by atoms with Crippen molar-refractivity contribution in [3.8, 4) is 0 Å². The summed E-state index contributed by atoms with van der Waals surface area (Å²) < 4.78 is 0. The Labute approximate surface area is 128 Å². The lowest BCUT2D eigenvalue weighted by Crippen LogP contribution is -2.24. The molecule has 2 rings (SSSR count). The largest absolute Gasteiger partial charge is 0.367 e. The van der Waals surface area contributed by atoms with Crippen LogP contribution in [0.4, 0.5) is 5.69 Å². The van der Waals surface area contributed by atoms with Gasteiger partial charge < -0.3 is 10.6 Å². The van der Waals surface area contributed by atoms with E-state index in [2.05, 4.69) is 68.1 Å². The lowest BCUT2D eigenvalue weighted by Gasteiger charge is -2.26. The smallest absolute Gasteiger partial charge is 0.0434 e. The highest BCUT2D eigenvalue weighted by Crippen LogP contribution is 2.22. The molecule has 0 radical (unpaired) electrons. The van der Waals surface area contributed by atoms with E-state index < -0.39 is 0 Å². The van der Waals surface area contributed by atoms with Crippen molar-refractivity contribution in [2.24, 2.45) is 5.73 Å². The van der Waals surface area contributed by atoms with Crippen molar-refractivity contribution in [1.29, 1.82) is 0 Å². The standard InChI is InChI=1S/C19H26N2/c1-4-12-21(18-10-8-17(13-20)9-11-18)14-19-15(2)6-5-7-16(19)3/h5-11H,4,12-14,20H2,1-3H3. The van der Waals surface area contributed by atoms with Crippen LogP contribution in [0.2, 0.25) is 0 Å². The Morgan fingerprint density at radius 2 is 1.57 bits per heavy atom. The SMILES string of the molecule is CCCN(Cc1c(C)cccc1C)c1ccc(CN)cc1. The van der Waals surface area contributed by atoms with Gasteiger partial charge in [0.15, 0.2) is 0 Å². The number of hydrogen-bond donors (Lipinski definition) is 1. The van der Waals surface area contributed by atoms with Crippen LogP contribution in [0.15, 0.2) is 42.5 Å². The highest BCUT2D eigenvalue weighted by molar-refractivity contribution is 5.49. The zero-order valence-electron chi connectivity index (χ0n) is 13.4. The van der Waals surface area contributed by atoms with Crippen LogP contribution >= 0.6 is 0 Å². The molecule has 0 atom stereocenters. The van der Waals surface area contributed by atoms with Crippen LogP contribution in [0, 0.1) is 13.8 Å². The minimum atomic E-state index is 0.602. The van der Waals surface area contributed by atoms with Crippen LogP contribution in [-0.4, -0.2) is 6.54 Å². The molecule has 0 aliphatic carbocycles. The van der Waals surface area contributed by atoms with Gasteiger partial charge in [-0.05, 0) is 54.7 Å². The van der Waals surface area contributed by atoms with Crippen molar-refractivity contribution in [3.05, 3.63) is 64.7 Å². The van der Waals surface area contributed by atoms with Gasteiger partial charge in [-0.3, -0.25) is 0 Å². The highest BCUT2D eigenvalue weighted by atomic mass is 15.1. The van der Waals surface area contributed by atoms with Crippen molar-refractivity contribution in [3.63, 3.8) is 0 Å². The van der Waals surface area contributed by atoms with Crippen LogP contribution < -0.4 is 10.6 Å². The minimum Gasteiger partial charge on any atom is -0.367 e. The van der Waals surface area contributed by atoms with Gasteiger partial charge in [0, 0.05) is 25.3 Å².